The summed E-state index contributed by atoms with van der Waals surface area (Å²) in [5.74, 6) is -0.0539. The average molecular weight is 241 g/mol. The molecule has 0 radical (unpaired) electrons. The number of rotatable bonds is 3. The lowest BCUT2D eigenvalue weighted by Gasteiger charge is -2.43. The van der Waals surface area contributed by atoms with Crippen molar-refractivity contribution in [1.29, 1.82) is 0 Å². The zero-order valence-corrected chi connectivity index (χ0v) is 10.6. The molecule has 0 aromatic heterocycles. The van der Waals surface area contributed by atoms with E-state index in [2.05, 4.69) is 11.8 Å². The second-order valence-electron chi connectivity index (χ2n) is 5.23. The number of hydrogen-bond acceptors (Lipinski definition) is 3. The largest absolute Gasteiger partial charge is 0.480 e. The molecular weight excluding hydrogens is 218 g/mol. The summed E-state index contributed by atoms with van der Waals surface area (Å²) in [6.45, 7) is 4.67. The Labute approximate surface area is 103 Å². The van der Waals surface area contributed by atoms with Gasteiger partial charge in [0.25, 0.3) is 0 Å². The molecule has 0 spiro atoms. The van der Waals surface area contributed by atoms with E-state index in [-0.39, 0.29) is 6.04 Å². The Balaban J connectivity index is 2.01. The van der Waals surface area contributed by atoms with Gasteiger partial charge in [-0.15, -0.1) is 0 Å². The molecule has 4 nitrogen and oxygen atoms in total. The lowest BCUT2D eigenvalue weighted by molar-refractivity contribution is -0.148. The first-order valence-corrected chi connectivity index (χ1v) is 6.78. The van der Waals surface area contributed by atoms with Gasteiger partial charge in [0.1, 0.15) is 6.04 Å². The van der Waals surface area contributed by atoms with Gasteiger partial charge in [-0.3, -0.25) is 9.69 Å². The molecule has 0 bridgehead atoms. The highest BCUT2D eigenvalue weighted by molar-refractivity contribution is 5.73. The van der Waals surface area contributed by atoms with E-state index >= 15 is 0 Å². The van der Waals surface area contributed by atoms with Crippen LogP contribution in [0.3, 0.4) is 0 Å². The van der Waals surface area contributed by atoms with E-state index in [1.54, 1.807) is 0 Å². The molecule has 0 amide bonds. The molecule has 2 aliphatic heterocycles. The van der Waals surface area contributed by atoms with Gasteiger partial charge >= 0.3 is 5.97 Å². The maximum absolute atomic E-state index is 11.4. The maximum atomic E-state index is 11.4. The van der Waals surface area contributed by atoms with Crippen LogP contribution < -0.4 is 0 Å². The third-order valence-corrected chi connectivity index (χ3v) is 4.27. The fourth-order valence-corrected chi connectivity index (χ4v) is 3.12. The number of hydrogen-bond donors (Lipinski definition) is 1. The average Bonchev–Trinajstić information content (AvgIpc) is 2.39. The van der Waals surface area contributed by atoms with Gasteiger partial charge in [-0.1, -0.05) is 13.3 Å². The van der Waals surface area contributed by atoms with Gasteiger partial charge in [-0.2, -0.15) is 0 Å². The van der Waals surface area contributed by atoms with Crippen LogP contribution in [0.4, 0.5) is 0 Å². The van der Waals surface area contributed by atoms with E-state index in [4.69, 9.17) is 4.74 Å². The van der Waals surface area contributed by atoms with E-state index in [0.29, 0.717) is 12.0 Å². The Hall–Kier alpha value is -0.610. The van der Waals surface area contributed by atoms with Gasteiger partial charge in [0, 0.05) is 19.3 Å². The number of piperidine rings is 1. The molecule has 2 rings (SSSR count). The standard InChI is InChI=1S/C13H23NO3/c1-2-10-3-6-14(12(9-10)13(15)16)11-4-7-17-8-5-11/h10-12H,2-9H2,1H3,(H,15,16). The van der Waals surface area contributed by atoms with E-state index in [0.717, 1.165) is 51.9 Å². The number of ether oxygens (including phenoxy) is 1. The molecule has 2 fully saturated rings. The normalized spacial score (nSPS) is 32.5. The van der Waals surface area contributed by atoms with Crippen molar-refractivity contribution < 1.29 is 14.6 Å². The number of likely N-dealkylation sites (tertiary alicyclic amines) is 1. The highest BCUT2D eigenvalue weighted by Crippen LogP contribution is 2.29. The van der Waals surface area contributed by atoms with Crippen LogP contribution in [0.5, 0.6) is 0 Å². The molecule has 2 unspecified atom stereocenters. The second-order valence-corrected chi connectivity index (χ2v) is 5.23. The number of carbonyl (C=O) groups is 1. The van der Waals surface area contributed by atoms with Crippen molar-refractivity contribution in [2.45, 2.75) is 51.1 Å². The van der Waals surface area contributed by atoms with Crippen molar-refractivity contribution in [3.05, 3.63) is 0 Å². The summed E-state index contributed by atoms with van der Waals surface area (Å²) in [4.78, 5) is 13.6. The Morgan fingerprint density at radius 2 is 2.06 bits per heavy atom. The number of nitrogens with zero attached hydrogens (tertiary/aromatic N) is 1. The third-order valence-electron chi connectivity index (χ3n) is 4.27. The molecule has 1 N–H and O–H groups in total. The molecule has 17 heavy (non-hydrogen) atoms. The summed E-state index contributed by atoms with van der Waals surface area (Å²) in [7, 11) is 0. The summed E-state index contributed by atoms with van der Waals surface area (Å²) in [5, 5.41) is 9.38. The van der Waals surface area contributed by atoms with Crippen LogP contribution in [0.15, 0.2) is 0 Å². The molecule has 2 atom stereocenters. The third kappa shape index (κ3) is 2.99. The lowest BCUT2D eigenvalue weighted by atomic mass is 9.87. The van der Waals surface area contributed by atoms with Gasteiger partial charge in [-0.25, -0.2) is 0 Å². The van der Waals surface area contributed by atoms with Gasteiger partial charge in [0.2, 0.25) is 0 Å². The minimum Gasteiger partial charge on any atom is -0.480 e. The van der Waals surface area contributed by atoms with Crippen LogP contribution in [0.25, 0.3) is 0 Å². The zero-order valence-electron chi connectivity index (χ0n) is 10.6. The first kappa shape index (κ1) is 12.8. The molecule has 2 aliphatic rings. The molecule has 2 heterocycles. The van der Waals surface area contributed by atoms with Crippen molar-refractivity contribution >= 4 is 5.97 Å². The highest BCUT2D eigenvalue weighted by atomic mass is 16.5. The summed E-state index contributed by atoms with van der Waals surface area (Å²) in [6.07, 6.45) is 5.05. The summed E-state index contributed by atoms with van der Waals surface area (Å²) >= 11 is 0. The summed E-state index contributed by atoms with van der Waals surface area (Å²) in [5.41, 5.74) is 0. The minimum atomic E-state index is -0.644. The van der Waals surface area contributed by atoms with Crippen LogP contribution in [-0.2, 0) is 9.53 Å². The molecule has 0 aliphatic carbocycles. The summed E-state index contributed by atoms with van der Waals surface area (Å²) < 4.78 is 5.35. The van der Waals surface area contributed by atoms with Crippen molar-refractivity contribution in [2.24, 2.45) is 5.92 Å². The molecular formula is C13H23NO3. The topological polar surface area (TPSA) is 49.8 Å². The van der Waals surface area contributed by atoms with Gasteiger partial charge in [-0.05, 0) is 38.1 Å². The molecule has 0 aromatic rings. The fraction of sp³-hybridized carbons (Fsp3) is 0.923. The molecule has 4 heteroatoms. The number of carboxylic acids is 1. The zero-order chi connectivity index (χ0) is 12.3. The van der Waals surface area contributed by atoms with E-state index in [1.165, 1.54) is 0 Å². The first-order chi connectivity index (χ1) is 8.22. The predicted molar refractivity (Wildman–Crippen MR) is 65.0 cm³/mol. The van der Waals surface area contributed by atoms with Crippen LogP contribution in [0.2, 0.25) is 0 Å². The van der Waals surface area contributed by atoms with Crippen molar-refractivity contribution in [1.82, 2.24) is 4.90 Å². The highest BCUT2D eigenvalue weighted by Gasteiger charge is 2.36. The molecule has 98 valence electrons. The minimum absolute atomic E-state index is 0.267. The Morgan fingerprint density at radius 3 is 2.65 bits per heavy atom. The summed E-state index contributed by atoms with van der Waals surface area (Å²) in [6, 6.07) is 0.152. The predicted octanol–water partition coefficient (Wildman–Crippen LogP) is 1.74. The van der Waals surface area contributed by atoms with Gasteiger partial charge in [0.15, 0.2) is 0 Å². The van der Waals surface area contributed by atoms with E-state index in [1.807, 2.05) is 0 Å². The fourth-order valence-electron chi connectivity index (χ4n) is 3.12. The Bertz CT molecular complexity index is 263. The maximum Gasteiger partial charge on any atom is 0.320 e. The van der Waals surface area contributed by atoms with Crippen molar-refractivity contribution in [3.63, 3.8) is 0 Å². The van der Waals surface area contributed by atoms with Crippen molar-refractivity contribution in [3.8, 4) is 0 Å². The smallest absolute Gasteiger partial charge is 0.320 e. The van der Waals surface area contributed by atoms with Gasteiger partial charge < -0.3 is 9.84 Å². The van der Waals surface area contributed by atoms with Gasteiger partial charge in [0.05, 0.1) is 0 Å². The molecule has 0 saturated carbocycles. The number of aliphatic carboxylic acids is 1. The monoisotopic (exact) mass is 241 g/mol. The first-order valence-electron chi connectivity index (χ1n) is 6.78. The Kier molecular flexibility index (Phi) is 4.40. The second kappa shape index (κ2) is 5.83. The van der Waals surface area contributed by atoms with E-state index < -0.39 is 5.97 Å². The van der Waals surface area contributed by atoms with E-state index in [9.17, 15) is 9.90 Å². The SMILES string of the molecule is CCC1CCN(C2CCOCC2)C(C(=O)O)C1. The van der Waals surface area contributed by atoms with Crippen LogP contribution in [-0.4, -0.2) is 47.8 Å². The van der Waals surface area contributed by atoms with Crippen LogP contribution in [0, 0.1) is 5.92 Å². The lowest BCUT2D eigenvalue weighted by Crippen LogP contribution is -2.53. The molecule has 0 aromatic carbocycles. The Morgan fingerprint density at radius 1 is 1.35 bits per heavy atom. The number of carboxylic acid groups (broad SMARTS) is 1. The van der Waals surface area contributed by atoms with Crippen molar-refractivity contribution in [2.75, 3.05) is 19.8 Å². The van der Waals surface area contributed by atoms with Crippen LogP contribution >= 0.6 is 0 Å². The van der Waals surface area contributed by atoms with Crippen LogP contribution in [0.1, 0.15) is 39.0 Å². The molecule has 2 saturated heterocycles. The quantitative estimate of drug-likeness (QED) is 0.817.